The minimum atomic E-state index is -1.39. The number of hydrogen-bond donors (Lipinski definition) is 1. The number of ether oxygens (including phenoxy) is 1. The zero-order chi connectivity index (χ0) is 20.6. The molecule has 4 aromatic carbocycles. The number of carbonyl (C=O) groups is 1. The third-order valence-electron chi connectivity index (χ3n) is 5.06. The molecule has 0 saturated heterocycles. The summed E-state index contributed by atoms with van der Waals surface area (Å²) in [6.07, 6.45) is 0. The van der Waals surface area contributed by atoms with Crippen LogP contribution in [0.5, 0.6) is 5.75 Å². The van der Waals surface area contributed by atoms with Crippen molar-refractivity contribution >= 4 is 33.2 Å². The van der Waals surface area contributed by atoms with Crippen molar-refractivity contribution in [2.24, 2.45) is 0 Å². The van der Waals surface area contributed by atoms with Crippen LogP contribution >= 0.6 is 0 Å². The zero-order valence-electron chi connectivity index (χ0n) is 16.1. The van der Waals surface area contributed by atoms with Crippen molar-refractivity contribution < 1.29 is 14.6 Å². The van der Waals surface area contributed by atoms with E-state index in [1.54, 1.807) is 6.07 Å². The molecule has 0 aliphatic heterocycles. The Hall–Kier alpha value is -3.84. The van der Waals surface area contributed by atoms with Gasteiger partial charge in [0, 0.05) is 5.56 Å². The van der Waals surface area contributed by atoms with Crippen molar-refractivity contribution in [2.75, 3.05) is 0 Å². The lowest BCUT2D eigenvalue weighted by atomic mass is 9.92. The molecule has 4 rings (SSSR count). The fraction of sp³-hybridized carbons (Fsp3) is 0.120. The predicted octanol–water partition coefficient (Wildman–Crippen LogP) is 6.45. The third-order valence-corrected chi connectivity index (χ3v) is 5.06. The van der Waals surface area contributed by atoms with Gasteiger partial charge in [-0.15, -0.1) is 0 Å². The van der Waals surface area contributed by atoms with Crippen LogP contribution in [0, 0.1) is 6.57 Å². The van der Waals surface area contributed by atoms with Gasteiger partial charge in [0.1, 0.15) is 5.75 Å². The molecule has 0 aliphatic rings. The van der Waals surface area contributed by atoms with Gasteiger partial charge in [0.2, 0.25) is 0 Å². The first kappa shape index (κ1) is 18.5. The fourth-order valence-electron chi connectivity index (χ4n) is 3.53. The molecule has 4 nitrogen and oxygen atoms in total. The normalized spacial score (nSPS) is 11.3. The van der Waals surface area contributed by atoms with Gasteiger partial charge in [-0.25, -0.2) is 9.64 Å². The summed E-state index contributed by atoms with van der Waals surface area (Å²) in [7, 11) is 0. The quantitative estimate of drug-likeness (QED) is 0.413. The van der Waals surface area contributed by atoms with E-state index < -0.39 is 11.6 Å². The van der Waals surface area contributed by atoms with Gasteiger partial charge in [-0.2, -0.15) is 0 Å². The van der Waals surface area contributed by atoms with Crippen LogP contribution in [0.25, 0.3) is 37.5 Å². The summed E-state index contributed by atoms with van der Waals surface area (Å²) in [6, 6.07) is 23.2. The highest BCUT2D eigenvalue weighted by Gasteiger charge is 2.31. The Morgan fingerprint density at radius 1 is 0.897 bits per heavy atom. The second-order valence-corrected chi connectivity index (χ2v) is 7.37. The number of aliphatic carboxylic acids is 1. The maximum atomic E-state index is 11.7. The summed E-state index contributed by atoms with van der Waals surface area (Å²) >= 11 is 0. The van der Waals surface area contributed by atoms with Crippen LogP contribution in [-0.4, -0.2) is 16.7 Å². The Balaban J connectivity index is 2.08. The Kier molecular flexibility index (Phi) is 4.44. The van der Waals surface area contributed by atoms with Crippen LogP contribution in [-0.2, 0) is 4.79 Å². The van der Waals surface area contributed by atoms with E-state index in [-0.39, 0.29) is 0 Å². The molecular formula is C25H19NO3. The molecule has 0 spiro atoms. The highest BCUT2D eigenvalue weighted by atomic mass is 16.5. The average molecular weight is 381 g/mol. The van der Waals surface area contributed by atoms with Crippen LogP contribution in [0.2, 0.25) is 0 Å². The van der Waals surface area contributed by atoms with Crippen molar-refractivity contribution in [2.45, 2.75) is 19.4 Å². The van der Waals surface area contributed by atoms with Crippen LogP contribution < -0.4 is 4.74 Å². The van der Waals surface area contributed by atoms with Gasteiger partial charge in [0.15, 0.2) is 11.3 Å². The SMILES string of the molecule is [C-]#[N+]c1ccc(-c2c(OC(C)(C)C(=O)O)ccc3ccccc23)c2ccccc12. The fourth-order valence-corrected chi connectivity index (χ4v) is 3.53. The number of rotatable bonds is 4. The number of carboxylic acid groups (broad SMARTS) is 1. The zero-order valence-corrected chi connectivity index (χ0v) is 16.1. The van der Waals surface area contributed by atoms with Crippen molar-refractivity contribution in [3.8, 4) is 16.9 Å². The highest BCUT2D eigenvalue weighted by molar-refractivity contribution is 6.10. The van der Waals surface area contributed by atoms with E-state index in [4.69, 9.17) is 11.3 Å². The Bertz CT molecular complexity index is 1300. The molecule has 0 fully saturated rings. The summed E-state index contributed by atoms with van der Waals surface area (Å²) in [5, 5.41) is 13.3. The lowest BCUT2D eigenvalue weighted by Gasteiger charge is -2.25. The molecule has 0 atom stereocenters. The van der Waals surface area contributed by atoms with Crippen LogP contribution in [0.3, 0.4) is 0 Å². The molecule has 0 aromatic heterocycles. The monoisotopic (exact) mass is 381 g/mol. The summed E-state index contributed by atoms with van der Waals surface area (Å²) in [4.78, 5) is 15.3. The van der Waals surface area contributed by atoms with Crippen molar-refractivity contribution in [3.05, 3.63) is 84.2 Å². The van der Waals surface area contributed by atoms with Crippen molar-refractivity contribution in [1.82, 2.24) is 0 Å². The number of hydrogen-bond acceptors (Lipinski definition) is 2. The van der Waals surface area contributed by atoms with Gasteiger partial charge < -0.3 is 9.84 Å². The minimum Gasteiger partial charge on any atom is -0.478 e. The van der Waals surface area contributed by atoms with E-state index in [0.29, 0.717) is 11.4 Å². The number of nitrogens with zero attached hydrogens (tertiary/aromatic N) is 1. The molecule has 0 amide bonds. The molecule has 4 aromatic rings. The molecule has 1 N–H and O–H groups in total. The highest BCUT2D eigenvalue weighted by Crippen LogP contribution is 2.43. The Morgan fingerprint density at radius 2 is 1.55 bits per heavy atom. The van der Waals surface area contributed by atoms with Gasteiger partial charge in [-0.05, 0) is 47.0 Å². The molecule has 0 bridgehead atoms. The van der Waals surface area contributed by atoms with Gasteiger partial charge in [0.05, 0.1) is 6.57 Å². The van der Waals surface area contributed by atoms with Crippen molar-refractivity contribution in [1.29, 1.82) is 0 Å². The van der Waals surface area contributed by atoms with Gasteiger partial charge in [0.25, 0.3) is 0 Å². The smallest absolute Gasteiger partial charge is 0.347 e. The van der Waals surface area contributed by atoms with E-state index in [9.17, 15) is 9.90 Å². The van der Waals surface area contributed by atoms with E-state index >= 15 is 0 Å². The molecule has 0 saturated carbocycles. The van der Waals surface area contributed by atoms with Crippen LogP contribution in [0.4, 0.5) is 5.69 Å². The number of benzene rings is 4. The maximum absolute atomic E-state index is 11.7. The molecule has 0 unspecified atom stereocenters. The van der Waals surface area contributed by atoms with Crippen LogP contribution in [0.15, 0.2) is 72.8 Å². The van der Waals surface area contributed by atoms with Crippen LogP contribution in [0.1, 0.15) is 13.8 Å². The summed E-state index contributed by atoms with van der Waals surface area (Å²) < 4.78 is 6.00. The lowest BCUT2D eigenvalue weighted by Crippen LogP contribution is -2.38. The maximum Gasteiger partial charge on any atom is 0.347 e. The minimum absolute atomic E-state index is 0.497. The van der Waals surface area contributed by atoms with Gasteiger partial charge in [-0.1, -0.05) is 66.7 Å². The molecular weight excluding hydrogens is 362 g/mol. The average Bonchev–Trinajstić information content (AvgIpc) is 2.73. The summed E-state index contributed by atoms with van der Waals surface area (Å²) in [6.45, 7) is 10.5. The number of carboxylic acids is 1. The molecule has 4 heteroatoms. The number of fused-ring (bicyclic) bond motifs is 2. The first-order chi connectivity index (χ1) is 13.9. The van der Waals surface area contributed by atoms with Crippen molar-refractivity contribution in [3.63, 3.8) is 0 Å². The summed E-state index contributed by atoms with van der Waals surface area (Å²) in [5.74, 6) is -0.540. The standard InChI is InChI=1S/C25H19NO3/c1-25(2,24(27)28)29-22-15-12-16-8-4-5-9-17(16)23(22)20-13-14-21(26-3)19-11-7-6-10-18(19)20/h4-15H,1-2H3,(H,27,28). The summed E-state index contributed by atoms with van der Waals surface area (Å²) in [5.41, 5.74) is 0.924. The molecule has 0 heterocycles. The largest absolute Gasteiger partial charge is 0.478 e. The Morgan fingerprint density at radius 3 is 2.24 bits per heavy atom. The second-order valence-electron chi connectivity index (χ2n) is 7.37. The molecule has 0 radical (unpaired) electrons. The predicted molar refractivity (Wildman–Crippen MR) is 115 cm³/mol. The van der Waals surface area contributed by atoms with E-state index in [2.05, 4.69) is 4.85 Å². The lowest BCUT2D eigenvalue weighted by molar-refractivity contribution is -0.152. The second kappa shape index (κ2) is 6.96. The molecule has 29 heavy (non-hydrogen) atoms. The Labute approximate surface area is 168 Å². The van der Waals surface area contributed by atoms with E-state index in [1.165, 1.54) is 13.8 Å². The van der Waals surface area contributed by atoms with Gasteiger partial charge in [-0.3, -0.25) is 0 Å². The van der Waals surface area contributed by atoms with E-state index in [0.717, 1.165) is 32.7 Å². The molecule has 142 valence electrons. The first-order valence-electron chi connectivity index (χ1n) is 9.26. The van der Waals surface area contributed by atoms with Gasteiger partial charge >= 0.3 is 5.97 Å². The van der Waals surface area contributed by atoms with E-state index in [1.807, 2.05) is 66.7 Å². The topological polar surface area (TPSA) is 50.9 Å². The first-order valence-corrected chi connectivity index (χ1v) is 9.26. The third kappa shape index (κ3) is 3.17. The molecule has 0 aliphatic carbocycles.